The van der Waals surface area contributed by atoms with E-state index in [-0.39, 0.29) is 5.54 Å². The summed E-state index contributed by atoms with van der Waals surface area (Å²) >= 11 is 0. The minimum absolute atomic E-state index is 0.205. The zero-order valence-corrected chi connectivity index (χ0v) is 12.9. The van der Waals surface area contributed by atoms with Crippen LogP contribution >= 0.6 is 0 Å². The average Bonchev–Trinajstić information content (AvgIpc) is 2.61. The molecule has 1 atom stereocenters. The summed E-state index contributed by atoms with van der Waals surface area (Å²) in [6.45, 7) is 9.50. The van der Waals surface area contributed by atoms with Gasteiger partial charge in [0, 0.05) is 22.7 Å². The minimum Gasteiger partial charge on any atom is -0.363 e. The van der Waals surface area contributed by atoms with Crippen LogP contribution in [0.2, 0.25) is 0 Å². The van der Waals surface area contributed by atoms with Crippen LogP contribution in [0.4, 0.5) is 5.69 Å². The molecule has 0 bridgehead atoms. The van der Waals surface area contributed by atoms with Crippen molar-refractivity contribution in [3.63, 3.8) is 0 Å². The van der Waals surface area contributed by atoms with Gasteiger partial charge in [-0.2, -0.15) is 0 Å². The molecule has 1 heterocycles. The fourth-order valence-corrected chi connectivity index (χ4v) is 4.60. The molecule has 19 heavy (non-hydrogen) atoms. The highest BCUT2D eigenvalue weighted by Crippen LogP contribution is 2.54. The van der Waals surface area contributed by atoms with Gasteiger partial charge in [0.25, 0.3) is 0 Å². The summed E-state index contributed by atoms with van der Waals surface area (Å²) < 4.78 is 0. The highest BCUT2D eigenvalue weighted by Gasteiger charge is 2.50. The van der Waals surface area contributed by atoms with Crippen molar-refractivity contribution in [1.29, 1.82) is 0 Å². The van der Waals surface area contributed by atoms with Crippen molar-refractivity contribution in [3.05, 3.63) is 29.8 Å². The summed E-state index contributed by atoms with van der Waals surface area (Å²) in [5, 5.41) is 0. The lowest BCUT2D eigenvalue weighted by Crippen LogP contribution is -2.51. The summed E-state index contributed by atoms with van der Waals surface area (Å²) in [6.07, 6.45) is 6.97. The molecular weight excluding hydrogens is 230 g/mol. The fraction of sp³-hybridized carbons (Fsp3) is 0.667. The summed E-state index contributed by atoms with van der Waals surface area (Å²) in [5.41, 5.74) is 3.74. The number of anilines is 1. The SMILES string of the molecule is CC1N(C(C)(C)C)c2ccccc2C12CCCCC2. The van der Waals surface area contributed by atoms with Gasteiger partial charge in [-0.3, -0.25) is 0 Å². The Morgan fingerprint density at radius 3 is 2.32 bits per heavy atom. The monoisotopic (exact) mass is 257 g/mol. The van der Waals surface area contributed by atoms with Gasteiger partial charge in [-0.25, -0.2) is 0 Å². The van der Waals surface area contributed by atoms with Crippen molar-refractivity contribution in [3.8, 4) is 0 Å². The molecule has 1 nitrogen and oxygen atoms in total. The third-order valence-electron chi connectivity index (χ3n) is 5.36. The maximum Gasteiger partial charge on any atom is 0.0412 e. The summed E-state index contributed by atoms with van der Waals surface area (Å²) in [4.78, 5) is 2.67. The molecule has 3 rings (SSSR count). The second-order valence-electron chi connectivity index (χ2n) is 7.45. The normalized spacial score (nSPS) is 25.7. The van der Waals surface area contributed by atoms with Gasteiger partial charge in [-0.05, 0) is 52.2 Å². The molecule has 0 amide bonds. The van der Waals surface area contributed by atoms with Gasteiger partial charge < -0.3 is 4.90 Å². The summed E-state index contributed by atoms with van der Waals surface area (Å²) in [6, 6.07) is 9.79. The van der Waals surface area contributed by atoms with Crippen molar-refractivity contribution < 1.29 is 0 Å². The van der Waals surface area contributed by atoms with Gasteiger partial charge in [0.15, 0.2) is 0 Å². The van der Waals surface area contributed by atoms with E-state index in [0.717, 1.165) is 0 Å². The molecule has 1 spiro atoms. The van der Waals surface area contributed by atoms with E-state index in [1.54, 1.807) is 5.56 Å². The van der Waals surface area contributed by atoms with Crippen LogP contribution in [0.5, 0.6) is 0 Å². The van der Waals surface area contributed by atoms with Gasteiger partial charge in [0.2, 0.25) is 0 Å². The lowest BCUT2D eigenvalue weighted by molar-refractivity contribution is 0.247. The molecule has 1 unspecified atom stereocenters. The smallest absolute Gasteiger partial charge is 0.0412 e. The van der Waals surface area contributed by atoms with Crippen LogP contribution in [0.25, 0.3) is 0 Å². The quantitative estimate of drug-likeness (QED) is 0.639. The number of nitrogens with zero attached hydrogens (tertiary/aromatic N) is 1. The molecule has 0 radical (unpaired) electrons. The molecule has 1 heteroatoms. The molecule has 0 aromatic heterocycles. The Morgan fingerprint density at radius 2 is 1.68 bits per heavy atom. The largest absolute Gasteiger partial charge is 0.363 e. The van der Waals surface area contributed by atoms with Gasteiger partial charge in [0.1, 0.15) is 0 Å². The first-order valence-electron chi connectivity index (χ1n) is 7.86. The van der Waals surface area contributed by atoms with Crippen LogP contribution in [0, 0.1) is 0 Å². The number of benzene rings is 1. The maximum absolute atomic E-state index is 2.67. The molecular formula is C18H27N. The molecule has 1 saturated carbocycles. The molecule has 1 aliphatic heterocycles. The third-order valence-corrected chi connectivity index (χ3v) is 5.36. The van der Waals surface area contributed by atoms with E-state index in [1.807, 2.05) is 0 Å². The van der Waals surface area contributed by atoms with E-state index in [2.05, 4.69) is 56.9 Å². The van der Waals surface area contributed by atoms with Gasteiger partial charge in [-0.15, -0.1) is 0 Å². The van der Waals surface area contributed by atoms with Crippen molar-refractivity contribution in [2.24, 2.45) is 0 Å². The lowest BCUT2D eigenvalue weighted by atomic mass is 9.67. The van der Waals surface area contributed by atoms with Crippen molar-refractivity contribution >= 4 is 5.69 Å². The standard InChI is InChI=1S/C18H27N/c1-14-18(12-8-5-9-13-18)15-10-6-7-11-16(15)19(14)17(2,3)4/h6-7,10-11,14H,5,8-9,12-13H2,1-4H3. The fourth-order valence-electron chi connectivity index (χ4n) is 4.60. The second-order valence-corrected chi connectivity index (χ2v) is 7.45. The molecule has 2 aliphatic rings. The van der Waals surface area contributed by atoms with Crippen molar-refractivity contribution in [1.82, 2.24) is 0 Å². The number of hydrogen-bond acceptors (Lipinski definition) is 1. The molecule has 1 aromatic carbocycles. The van der Waals surface area contributed by atoms with Crippen LogP contribution in [0.15, 0.2) is 24.3 Å². The number of para-hydroxylation sites is 1. The Bertz CT molecular complexity index is 463. The summed E-state index contributed by atoms with van der Waals surface area (Å²) in [7, 11) is 0. The predicted octanol–water partition coefficient (Wildman–Crippen LogP) is 4.90. The van der Waals surface area contributed by atoms with Gasteiger partial charge in [0.05, 0.1) is 0 Å². The van der Waals surface area contributed by atoms with Gasteiger partial charge >= 0.3 is 0 Å². The van der Waals surface area contributed by atoms with Crippen LogP contribution in [0.1, 0.15) is 65.4 Å². The molecule has 104 valence electrons. The molecule has 0 saturated heterocycles. The van der Waals surface area contributed by atoms with E-state index in [4.69, 9.17) is 0 Å². The van der Waals surface area contributed by atoms with Crippen molar-refractivity contribution in [2.45, 2.75) is 76.8 Å². The Labute approximate surface area is 118 Å². The molecule has 1 fully saturated rings. The maximum atomic E-state index is 2.67. The Morgan fingerprint density at radius 1 is 1.05 bits per heavy atom. The van der Waals surface area contributed by atoms with E-state index in [9.17, 15) is 0 Å². The Balaban J connectivity index is 2.14. The van der Waals surface area contributed by atoms with E-state index < -0.39 is 0 Å². The third kappa shape index (κ3) is 1.81. The minimum atomic E-state index is 0.205. The first-order valence-corrected chi connectivity index (χ1v) is 7.86. The van der Waals surface area contributed by atoms with E-state index in [1.165, 1.54) is 37.8 Å². The number of rotatable bonds is 0. The molecule has 1 aliphatic carbocycles. The van der Waals surface area contributed by atoms with Crippen LogP contribution < -0.4 is 4.90 Å². The summed E-state index contributed by atoms with van der Waals surface area (Å²) in [5.74, 6) is 0. The zero-order valence-electron chi connectivity index (χ0n) is 12.9. The predicted molar refractivity (Wildman–Crippen MR) is 82.9 cm³/mol. The highest BCUT2D eigenvalue weighted by molar-refractivity contribution is 5.66. The Hall–Kier alpha value is -0.980. The zero-order chi connectivity index (χ0) is 13.7. The second kappa shape index (κ2) is 4.26. The lowest BCUT2D eigenvalue weighted by Gasteiger charge is -2.45. The number of fused-ring (bicyclic) bond motifs is 2. The molecule has 1 aromatic rings. The average molecular weight is 257 g/mol. The van der Waals surface area contributed by atoms with Crippen LogP contribution in [-0.2, 0) is 5.41 Å². The first-order chi connectivity index (χ1) is 8.97. The van der Waals surface area contributed by atoms with Crippen molar-refractivity contribution in [2.75, 3.05) is 4.90 Å². The van der Waals surface area contributed by atoms with E-state index >= 15 is 0 Å². The van der Waals surface area contributed by atoms with Crippen LogP contribution in [0.3, 0.4) is 0 Å². The molecule has 0 N–H and O–H groups in total. The topological polar surface area (TPSA) is 3.24 Å². The van der Waals surface area contributed by atoms with E-state index in [0.29, 0.717) is 11.5 Å². The van der Waals surface area contributed by atoms with Crippen LogP contribution in [-0.4, -0.2) is 11.6 Å². The Kier molecular flexibility index (Phi) is 2.92. The highest BCUT2D eigenvalue weighted by atomic mass is 15.3. The number of hydrogen-bond donors (Lipinski definition) is 0. The first kappa shape index (κ1) is 13.0. The van der Waals surface area contributed by atoms with Gasteiger partial charge in [-0.1, -0.05) is 37.5 Å².